The Morgan fingerprint density at radius 3 is 2.59 bits per heavy atom. The Kier molecular flexibility index (Phi) is 3.86. The first kappa shape index (κ1) is 13.9. The number of furan rings is 1. The number of Topliss-reactive ketones (excluding diaryl/α,β-unsaturated/α-hetero) is 2. The van der Waals surface area contributed by atoms with Crippen LogP contribution in [-0.2, 0) is 17.6 Å². The van der Waals surface area contributed by atoms with Crippen LogP contribution in [-0.4, -0.2) is 32.2 Å². The van der Waals surface area contributed by atoms with Crippen molar-refractivity contribution in [2.45, 2.75) is 12.8 Å². The normalized spacial score (nSPS) is 10.5. The monoisotopic (exact) mass is 296 g/mol. The highest BCUT2D eigenvalue weighted by Crippen LogP contribution is 2.17. The first-order chi connectivity index (χ1) is 10.7. The van der Waals surface area contributed by atoms with Crippen molar-refractivity contribution in [2.24, 2.45) is 0 Å². The highest BCUT2D eigenvalue weighted by atomic mass is 16.3. The summed E-state index contributed by atoms with van der Waals surface area (Å²) in [5, 5.41) is 12.4. The molecular weight excluding hydrogens is 284 g/mol. The molecule has 3 aromatic rings. The SMILES string of the molecule is O=C(Cc1cocc1Cc1ccccc1)C(=O)c1nn[nH]n1. The largest absolute Gasteiger partial charge is 0.472 e. The molecule has 7 nitrogen and oxygen atoms in total. The maximum atomic E-state index is 12.0. The van der Waals surface area contributed by atoms with E-state index in [0.717, 1.165) is 11.1 Å². The number of hydrogen-bond acceptors (Lipinski definition) is 6. The molecule has 0 aliphatic rings. The second kappa shape index (κ2) is 6.13. The number of nitrogens with one attached hydrogen (secondary N) is 1. The summed E-state index contributed by atoms with van der Waals surface area (Å²) in [6.45, 7) is 0. The van der Waals surface area contributed by atoms with E-state index >= 15 is 0 Å². The van der Waals surface area contributed by atoms with Crippen molar-refractivity contribution in [2.75, 3.05) is 0 Å². The lowest BCUT2D eigenvalue weighted by Gasteiger charge is -2.02. The fraction of sp³-hybridized carbons (Fsp3) is 0.133. The number of rotatable bonds is 6. The van der Waals surface area contributed by atoms with E-state index in [0.29, 0.717) is 12.0 Å². The van der Waals surface area contributed by atoms with Gasteiger partial charge in [-0.1, -0.05) is 30.3 Å². The molecule has 2 heterocycles. The smallest absolute Gasteiger partial charge is 0.269 e. The summed E-state index contributed by atoms with van der Waals surface area (Å²) in [6, 6.07) is 9.80. The molecule has 0 spiro atoms. The van der Waals surface area contributed by atoms with Gasteiger partial charge in [0.2, 0.25) is 11.6 Å². The number of ketones is 2. The molecule has 0 fully saturated rings. The molecule has 0 amide bonds. The molecule has 2 aromatic heterocycles. The van der Waals surface area contributed by atoms with Gasteiger partial charge in [0.25, 0.3) is 5.78 Å². The number of H-pyrrole nitrogens is 1. The molecule has 22 heavy (non-hydrogen) atoms. The van der Waals surface area contributed by atoms with Crippen LogP contribution in [0.4, 0.5) is 0 Å². The predicted molar refractivity (Wildman–Crippen MR) is 75.2 cm³/mol. The average molecular weight is 296 g/mol. The third-order valence-corrected chi connectivity index (χ3v) is 3.22. The molecular formula is C15H12N4O3. The van der Waals surface area contributed by atoms with Gasteiger partial charge >= 0.3 is 0 Å². The van der Waals surface area contributed by atoms with Gasteiger partial charge in [-0.2, -0.15) is 5.21 Å². The van der Waals surface area contributed by atoms with E-state index in [1.54, 1.807) is 6.26 Å². The molecule has 0 radical (unpaired) electrons. The third-order valence-electron chi connectivity index (χ3n) is 3.22. The second-order valence-corrected chi connectivity index (χ2v) is 4.75. The molecule has 1 aromatic carbocycles. The minimum absolute atomic E-state index is 0.0496. The molecule has 0 bridgehead atoms. The summed E-state index contributed by atoms with van der Waals surface area (Å²) >= 11 is 0. The van der Waals surface area contributed by atoms with E-state index in [-0.39, 0.29) is 12.2 Å². The van der Waals surface area contributed by atoms with E-state index in [9.17, 15) is 9.59 Å². The fourth-order valence-corrected chi connectivity index (χ4v) is 2.11. The van der Waals surface area contributed by atoms with Crippen LogP contribution in [0.2, 0.25) is 0 Å². The number of carbonyl (C=O) groups is 2. The van der Waals surface area contributed by atoms with Crippen molar-refractivity contribution in [1.29, 1.82) is 0 Å². The van der Waals surface area contributed by atoms with Crippen LogP contribution in [0.25, 0.3) is 0 Å². The van der Waals surface area contributed by atoms with Crippen molar-refractivity contribution in [3.8, 4) is 0 Å². The van der Waals surface area contributed by atoms with Crippen LogP contribution in [0.5, 0.6) is 0 Å². The molecule has 0 saturated heterocycles. The van der Waals surface area contributed by atoms with Gasteiger partial charge in [0.15, 0.2) is 0 Å². The van der Waals surface area contributed by atoms with Crippen LogP contribution in [0, 0.1) is 0 Å². The number of aromatic amines is 1. The Bertz CT molecular complexity index is 778. The van der Waals surface area contributed by atoms with Crippen molar-refractivity contribution in [3.63, 3.8) is 0 Å². The van der Waals surface area contributed by atoms with E-state index in [1.165, 1.54) is 6.26 Å². The lowest BCUT2D eigenvalue weighted by atomic mass is 10.00. The van der Waals surface area contributed by atoms with E-state index < -0.39 is 11.6 Å². The number of nitrogens with zero attached hydrogens (tertiary/aromatic N) is 3. The average Bonchev–Trinajstić information content (AvgIpc) is 3.20. The molecule has 0 unspecified atom stereocenters. The lowest BCUT2D eigenvalue weighted by Crippen LogP contribution is -2.18. The minimum Gasteiger partial charge on any atom is -0.472 e. The zero-order valence-electron chi connectivity index (χ0n) is 11.5. The van der Waals surface area contributed by atoms with E-state index in [1.807, 2.05) is 30.3 Å². The highest BCUT2D eigenvalue weighted by Gasteiger charge is 2.22. The van der Waals surface area contributed by atoms with Crippen molar-refractivity contribution in [1.82, 2.24) is 20.6 Å². The summed E-state index contributed by atoms with van der Waals surface area (Å²) in [4.78, 5) is 23.8. The summed E-state index contributed by atoms with van der Waals surface area (Å²) < 4.78 is 5.18. The Balaban J connectivity index is 1.72. The zero-order chi connectivity index (χ0) is 15.4. The summed E-state index contributed by atoms with van der Waals surface area (Å²) in [6.07, 6.45) is 3.66. The third kappa shape index (κ3) is 2.98. The van der Waals surface area contributed by atoms with Crippen molar-refractivity contribution >= 4 is 11.6 Å². The molecule has 1 N–H and O–H groups in total. The van der Waals surface area contributed by atoms with Gasteiger partial charge in [-0.05, 0) is 16.3 Å². The van der Waals surface area contributed by atoms with Crippen LogP contribution in [0.1, 0.15) is 27.3 Å². The number of aromatic nitrogens is 4. The first-order valence-electron chi connectivity index (χ1n) is 6.63. The van der Waals surface area contributed by atoms with Crippen LogP contribution < -0.4 is 0 Å². The maximum absolute atomic E-state index is 12.0. The number of hydrogen-bond donors (Lipinski definition) is 1. The molecule has 0 aliphatic heterocycles. The van der Waals surface area contributed by atoms with Gasteiger partial charge in [-0.3, -0.25) is 9.59 Å². The topological polar surface area (TPSA) is 102 Å². The molecule has 0 saturated carbocycles. The van der Waals surface area contributed by atoms with Gasteiger partial charge in [-0.15, -0.1) is 10.2 Å². The Morgan fingerprint density at radius 1 is 1.09 bits per heavy atom. The Hall–Kier alpha value is -3.09. The van der Waals surface area contributed by atoms with Gasteiger partial charge in [0, 0.05) is 18.4 Å². The number of benzene rings is 1. The standard InChI is InChI=1S/C15H12N4O3/c20-13(14(21)15-16-18-19-17-15)7-12-9-22-8-11(12)6-10-4-2-1-3-5-10/h1-5,8-9H,6-7H2,(H,16,17,18,19). The molecule has 7 heteroatoms. The van der Waals surface area contributed by atoms with Crippen LogP contribution in [0.15, 0.2) is 47.3 Å². The molecule has 110 valence electrons. The lowest BCUT2D eigenvalue weighted by molar-refractivity contribution is -0.114. The minimum atomic E-state index is -0.763. The van der Waals surface area contributed by atoms with Crippen LogP contribution >= 0.6 is 0 Å². The summed E-state index contributed by atoms with van der Waals surface area (Å²) in [5.41, 5.74) is 2.66. The first-order valence-corrected chi connectivity index (χ1v) is 6.63. The fourth-order valence-electron chi connectivity index (χ4n) is 2.11. The quantitative estimate of drug-likeness (QED) is 0.544. The van der Waals surface area contributed by atoms with Crippen molar-refractivity contribution in [3.05, 3.63) is 65.4 Å². The Morgan fingerprint density at radius 2 is 1.86 bits per heavy atom. The van der Waals surface area contributed by atoms with Crippen LogP contribution in [0.3, 0.4) is 0 Å². The summed E-state index contributed by atoms with van der Waals surface area (Å²) in [5.74, 6) is -1.59. The number of carbonyl (C=O) groups excluding carboxylic acids is 2. The molecule has 3 rings (SSSR count). The van der Waals surface area contributed by atoms with E-state index in [4.69, 9.17) is 4.42 Å². The second-order valence-electron chi connectivity index (χ2n) is 4.75. The van der Waals surface area contributed by atoms with Gasteiger partial charge < -0.3 is 4.42 Å². The number of tetrazole rings is 1. The molecule has 0 aliphatic carbocycles. The zero-order valence-corrected chi connectivity index (χ0v) is 11.5. The van der Waals surface area contributed by atoms with Gasteiger partial charge in [0.05, 0.1) is 12.5 Å². The maximum Gasteiger partial charge on any atom is 0.269 e. The summed E-state index contributed by atoms with van der Waals surface area (Å²) in [7, 11) is 0. The predicted octanol–water partition coefficient (Wildman–Crippen LogP) is 1.38. The molecule has 0 atom stereocenters. The van der Waals surface area contributed by atoms with Gasteiger partial charge in [-0.25, -0.2) is 0 Å². The van der Waals surface area contributed by atoms with E-state index in [2.05, 4.69) is 20.6 Å². The Labute approximate surface area is 125 Å². The van der Waals surface area contributed by atoms with Gasteiger partial charge in [0.1, 0.15) is 0 Å². The highest BCUT2D eigenvalue weighted by molar-refractivity contribution is 6.43. The van der Waals surface area contributed by atoms with Crippen molar-refractivity contribution < 1.29 is 14.0 Å².